The molecule has 4 amide bonds. The molecule has 0 unspecified atom stereocenters. The Bertz CT molecular complexity index is 1020. The molecule has 5 rings (SSSR count). The van der Waals surface area contributed by atoms with Crippen molar-refractivity contribution in [2.75, 3.05) is 19.6 Å². The van der Waals surface area contributed by atoms with E-state index in [9.17, 15) is 14.4 Å². The van der Waals surface area contributed by atoms with Crippen molar-refractivity contribution < 1.29 is 14.4 Å². The van der Waals surface area contributed by atoms with Gasteiger partial charge in [0.05, 0.1) is 0 Å². The van der Waals surface area contributed by atoms with Gasteiger partial charge in [0, 0.05) is 36.6 Å². The van der Waals surface area contributed by atoms with E-state index < -0.39 is 0 Å². The van der Waals surface area contributed by atoms with Crippen LogP contribution in [0.15, 0.2) is 6.07 Å². The lowest BCUT2D eigenvalue weighted by Gasteiger charge is -2.35. The van der Waals surface area contributed by atoms with Crippen LogP contribution in [-0.2, 0) is 4.79 Å². The molecule has 4 heterocycles. The number of hydrogen-bond donors (Lipinski definition) is 0. The Balaban J connectivity index is 1.26. The van der Waals surface area contributed by atoms with Crippen LogP contribution in [0.1, 0.15) is 47.7 Å². The molecule has 1 saturated carbocycles. The summed E-state index contributed by atoms with van der Waals surface area (Å²) in [5, 5.41) is 4.32. The van der Waals surface area contributed by atoms with E-state index in [-0.39, 0.29) is 42.3 Å². The van der Waals surface area contributed by atoms with E-state index in [4.69, 9.17) is 0 Å². The van der Waals surface area contributed by atoms with Crippen LogP contribution in [0, 0.1) is 13.8 Å². The Hall–Kier alpha value is -3.04. The largest absolute Gasteiger partial charge is 0.336 e. The molecule has 2 aromatic heterocycles. The number of urea groups is 1. The van der Waals surface area contributed by atoms with Gasteiger partial charge in [-0.05, 0) is 45.6 Å². The van der Waals surface area contributed by atoms with Gasteiger partial charge < -0.3 is 9.80 Å². The van der Waals surface area contributed by atoms with Gasteiger partial charge in [0.25, 0.3) is 17.6 Å². The molecule has 2 aliphatic heterocycles. The van der Waals surface area contributed by atoms with Gasteiger partial charge in [-0.1, -0.05) is 0 Å². The summed E-state index contributed by atoms with van der Waals surface area (Å²) in [4.78, 5) is 51.1. The Labute approximate surface area is 167 Å². The molecule has 3 aliphatic rings. The molecule has 0 aromatic carbocycles. The Kier molecular flexibility index (Phi) is 4.04. The van der Waals surface area contributed by atoms with Crippen molar-refractivity contribution in [3.8, 4) is 0 Å². The molecule has 10 nitrogen and oxygen atoms in total. The van der Waals surface area contributed by atoms with Gasteiger partial charge in [-0.15, -0.1) is 5.10 Å². The summed E-state index contributed by atoms with van der Waals surface area (Å²) in [5.74, 6) is 0.233. The number of nitrogens with zero attached hydrogens (tertiary/aromatic N) is 7. The smallest absolute Gasteiger partial charge is 0.327 e. The molecule has 152 valence electrons. The van der Waals surface area contributed by atoms with Crippen LogP contribution in [0.4, 0.5) is 4.79 Å². The Morgan fingerprint density at radius 3 is 2.45 bits per heavy atom. The monoisotopic (exact) mass is 397 g/mol. The van der Waals surface area contributed by atoms with E-state index in [1.54, 1.807) is 14.3 Å². The molecule has 0 radical (unpaired) electrons. The maximum Gasteiger partial charge on any atom is 0.327 e. The van der Waals surface area contributed by atoms with Gasteiger partial charge in [-0.2, -0.15) is 4.98 Å². The minimum Gasteiger partial charge on any atom is -0.336 e. The molecular formula is C19H23N7O3. The highest BCUT2D eigenvalue weighted by Crippen LogP contribution is 2.32. The van der Waals surface area contributed by atoms with E-state index in [2.05, 4.69) is 15.1 Å². The van der Waals surface area contributed by atoms with Crippen molar-refractivity contribution in [3.05, 3.63) is 23.3 Å². The average molecular weight is 397 g/mol. The highest BCUT2D eigenvalue weighted by molar-refractivity contribution is 6.02. The lowest BCUT2D eigenvalue weighted by molar-refractivity contribution is -0.125. The number of aromatic nitrogens is 4. The second-order valence-electron chi connectivity index (χ2n) is 8.11. The van der Waals surface area contributed by atoms with Gasteiger partial charge in [-0.3, -0.25) is 14.5 Å². The van der Waals surface area contributed by atoms with Gasteiger partial charge >= 0.3 is 6.03 Å². The first-order chi connectivity index (χ1) is 13.9. The van der Waals surface area contributed by atoms with E-state index in [0.29, 0.717) is 31.7 Å². The minimum atomic E-state index is -0.227. The molecule has 2 saturated heterocycles. The number of likely N-dealkylation sites (tertiary alicyclic amines) is 1. The second kappa shape index (κ2) is 6.50. The Morgan fingerprint density at radius 2 is 1.76 bits per heavy atom. The number of rotatable bonds is 3. The molecule has 2 aromatic rings. The molecule has 0 atom stereocenters. The highest BCUT2D eigenvalue weighted by Gasteiger charge is 2.47. The predicted octanol–water partition coefficient (Wildman–Crippen LogP) is 0.772. The van der Waals surface area contributed by atoms with Crippen LogP contribution in [0.25, 0.3) is 5.78 Å². The predicted molar refractivity (Wildman–Crippen MR) is 101 cm³/mol. The first-order valence-electron chi connectivity index (χ1n) is 10.1. The van der Waals surface area contributed by atoms with Crippen LogP contribution in [0.5, 0.6) is 0 Å². The minimum absolute atomic E-state index is 0.0140. The summed E-state index contributed by atoms with van der Waals surface area (Å²) in [6.07, 6.45) is 3.12. The Morgan fingerprint density at radius 1 is 1.03 bits per heavy atom. The molecule has 10 heteroatoms. The summed E-state index contributed by atoms with van der Waals surface area (Å²) < 4.78 is 1.58. The maximum absolute atomic E-state index is 12.9. The normalized spacial score (nSPS) is 21.0. The zero-order chi connectivity index (χ0) is 20.3. The highest BCUT2D eigenvalue weighted by atomic mass is 16.2. The third kappa shape index (κ3) is 3.02. The van der Waals surface area contributed by atoms with Gasteiger partial charge in [0.1, 0.15) is 6.54 Å². The zero-order valence-corrected chi connectivity index (χ0v) is 16.5. The molecule has 0 bridgehead atoms. The quantitative estimate of drug-likeness (QED) is 0.709. The fourth-order valence-electron chi connectivity index (χ4n) is 4.29. The number of fused-ring (bicyclic) bond motifs is 1. The van der Waals surface area contributed by atoms with E-state index >= 15 is 0 Å². The molecular weight excluding hydrogens is 374 g/mol. The number of imide groups is 1. The van der Waals surface area contributed by atoms with Crippen LogP contribution >= 0.6 is 0 Å². The van der Waals surface area contributed by atoms with Crippen molar-refractivity contribution >= 4 is 23.6 Å². The molecule has 1 aliphatic carbocycles. The maximum atomic E-state index is 12.9. The lowest BCUT2D eigenvalue weighted by atomic mass is 10.0. The van der Waals surface area contributed by atoms with Crippen LogP contribution in [-0.4, -0.2) is 83.8 Å². The van der Waals surface area contributed by atoms with Crippen molar-refractivity contribution in [1.29, 1.82) is 0 Å². The fourth-order valence-corrected chi connectivity index (χ4v) is 4.29. The molecule has 0 spiro atoms. The number of hydrogen-bond acceptors (Lipinski definition) is 6. The molecule has 29 heavy (non-hydrogen) atoms. The number of piperidine rings is 1. The third-order valence-corrected chi connectivity index (χ3v) is 5.94. The second-order valence-corrected chi connectivity index (χ2v) is 8.11. The van der Waals surface area contributed by atoms with Crippen molar-refractivity contribution in [2.45, 2.75) is 51.6 Å². The SMILES string of the molecule is Cc1cc(C)n2nc(C(=O)N3CCC(N4CC(=O)N(C5CC5)C4=O)CC3)nc2n1. The van der Waals surface area contributed by atoms with Crippen molar-refractivity contribution in [3.63, 3.8) is 0 Å². The summed E-state index contributed by atoms with van der Waals surface area (Å²) in [5.41, 5.74) is 1.70. The summed E-state index contributed by atoms with van der Waals surface area (Å²) in [6, 6.07) is 1.81. The van der Waals surface area contributed by atoms with Crippen LogP contribution in [0.2, 0.25) is 0 Å². The van der Waals surface area contributed by atoms with Crippen molar-refractivity contribution in [2.24, 2.45) is 0 Å². The van der Waals surface area contributed by atoms with E-state index in [1.807, 2.05) is 19.9 Å². The molecule has 3 fully saturated rings. The van der Waals surface area contributed by atoms with E-state index in [0.717, 1.165) is 24.2 Å². The standard InChI is InChI=1S/C19H23N7O3/c1-11-9-12(2)26-18(20-11)21-16(22-26)17(28)23-7-5-13(6-8-23)24-10-15(27)25(19(24)29)14-3-4-14/h9,13-14H,3-8,10H2,1-2H3. The lowest BCUT2D eigenvalue weighted by Crippen LogP contribution is -2.48. The van der Waals surface area contributed by atoms with Crippen molar-refractivity contribution in [1.82, 2.24) is 34.3 Å². The number of carbonyl (C=O) groups excluding carboxylic acids is 3. The first-order valence-corrected chi connectivity index (χ1v) is 10.1. The fraction of sp³-hybridized carbons (Fsp3) is 0.579. The van der Waals surface area contributed by atoms with Crippen LogP contribution < -0.4 is 0 Å². The van der Waals surface area contributed by atoms with Gasteiger partial charge in [-0.25, -0.2) is 14.3 Å². The summed E-state index contributed by atoms with van der Waals surface area (Å²) >= 11 is 0. The number of amides is 4. The summed E-state index contributed by atoms with van der Waals surface area (Å²) in [7, 11) is 0. The number of aryl methyl sites for hydroxylation is 2. The third-order valence-electron chi connectivity index (χ3n) is 5.94. The van der Waals surface area contributed by atoms with Crippen LogP contribution in [0.3, 0.4) is 0 Å². The van der Waals surface area contributed by atoms with E-state index in [1.165, 1.54) is 4.90 Å². The number of carbonyl (C=O) groups is 3. The zero-order valence-electron chi connectivity index (χ0n) is 16.5. The first kappa shape index (κ1) is 18.0. The topological polar surface area (TPSA) is 104 Å². The van der Waals surface area contributed by atoms with Gasteiger partial charge in [0.15, 0.2) is 0 Å². The molecule has 0 N–H and O–H groups in total. The van der Waals surface area contributed by atoms with Gasteiger partial charge in [0.2, 0.25) is 5.82 Å². The average Bonchev–Trinajstić information content (AvgIpc) is 3.35. The summed E-state index contributed by atoms with van der Waals surface area (Å²) in [6.45, 7) is 4.95.